The van der Waals surface area contributed by atoms with Gasteiger partial charge in [0.2, 0.25) is 0 Å². The second kappa shape index (κ2) is 5.99. The van der Waals surface area contributed by atoms with E-state index in [-0.39, 0.29) is 23.4 Å². The van der Waals surface area contributed by atoms with E-state index in [9.17, 15) is 13.2 Å². The van der Waals surface area contributed by atoms with Crippen molar-refractivity contribution in [2.75, 3.05) is 24.2 Å². The molecule has 1 rings (SSSR count). The van der Waals surface area contributed by atoms with Gasteiger partial charge in [0, 0.05) is 30.6 Å². The highest BCUT2D eigenvalue weighted by Crippen LogP contribution is 2.30. The molecule has 0 heterocycles. The van der Waals surface area contributed by atoms with Crippen LogP contribution in [0, 0.1) is 5.41 Å². The molecule has 3 N–H and O–H groups in total. The van der Waals surface area contributed by atoms with Crippen LogP contribution >= 0.6 is 11.8 Å². The maximum Gasteiger partial charge on any atom is 0.441 e. The molecule has 0 saturated carbocycles. The highest BCUT2D eigenvalue weighted by molar-refractivity contribution is 8.00. The van der Waals surface area contributed by atoms with Gasteiger partial charge in [0.05, 0.1) is 0 Å². The maximum atomic E-state index is 12.0. The number of benzene rings is 1. The molecule has 0 spiro atoms. The molecule has 0 aromatic heterocycles. The SMILES string of the molecule is CN(CCSC(F)(F)F)c1ccc(C(=N)N)cc1. The molecule has 7 heteroatoms. The van der Waals surface area contributed by atoms with E-state index in [1.54, 1.807) is 36.2 Å². The standard InChI is InChI=1S/C11H14F3N3S/c1-17(6-7-18-11(12,13)14)9-4-2-8(3-5-9)10(15)16/h2-5H,6-7H2,1H3,(H3,15,16). The predicted molar refractivity (Wildman–Crippen MR) is 69.2 cm³/mol. The number of alkyl halides is 3. The summed E-state index contributed by atoms with van der Waals surface area (Å²) in [5.74, 6) is -0.0501. The molecule has 18 heavy (non-hydrogen) atoms. The van der Waals surface area contributed by atoms with Crippen molar-refractivity contribution in [2.45, 2.75) is 5.51 Å². The fraction of sp³-hybridized carbons (Fsp3) is 0.364. The Bertz CT molecular complexity index is 403. The third-order valence-corrected chi connectivity index (χ3v) is 3.03. The van der Waals surface area contributed by atoms with Crippen molar-refractivity contribution in [1.82, 2.24) is 0 Å². The van der Waals surface area contributed by atoms with Gasteiger partial charge in [-0.1, -0.05) is 0 Å². The van der Waals surface area contributed by atoms with Crippen LogP contribution in [0.3, 0.4) is 0 Å². The van der Waals surface area contributed by atoms with Crippen LogP contribution in [0.25, 0.3) is 0 Å². The van der Waals surface area contributed by atoms with E-state index in [1.807, 2.05) is 0 Å². The molecule has 100 valence electrons. The predicted octanol–water partition coefficient (Wildman–Crippen LogP) is 2.66. The summed E-state index contributed by atoms with van der Waals surface area (Å²) in [6.07, 6.45) is 0. The van der Waals surface area contributed by atoms with Gasteiger partial charge in [0.1, 0.15) is 5.84 Å². The van der Waals surface area contributed by atoms with Crippen LogP contribution in [0.5, 0.6) is 0 Å². The van der Waals surface area contributed by atoms with E-state index in [1.165, 1.54) is 0 Å². The monoisotopic (exact) mass is 277 g/mol. The van der Waals surface area contributed by atoms with Gasteiger partial charge >= 0.3 is 5.51 Å². The van der Waals surface area contributed by atoms with E-state index < -0.39 is 5.51 Å². The van der Waals surface area contributed by atoms with Crippen LogP contribution in [0.4, 0.5) is 18.9 Å². The Balaban J connectivity index is 2.51. The van der Waals surface area contributed by atoms with Gasteiger partial charge in [0.25, 0.3) is 0 Å². The molecule has 1 aromatic carbocycles. The number of anilines is 1. The van der Waals surface area contributed by atoms with E-state index >= 15 is 0 Å². The van der Waals surface area contributed by atoms with Crippen LogP contribution < -0.4 is 10.6 Å². The van der Waals surface area contributed by atoms with Gasteiger partial charge < -0.3 is 10.6 Å². The van der Waals surface area contributed by atoms with E-state index in [0.29, 0.717) is 12.1 Å². The van der Waals surface area contributed by atoms with Crippen molar-refractivity contribution in [3.63, 3.8) is 0 Å². The summed E-state index contributed by atoms with van der Waals surface area (Å²) in [6, 6.07) is 6.81. The first-order valence-electron chi connectivity index (χ1n) is 5.16. The number of amidine groups is 1. The zero-order valence-electron chi connectivity index (χ0n) is 9.79. The lowest BCUT2D eigenvalue weighted by Crippen LogP contribution is -2.21. The molecule has 3 nitrogen and oxygen atoms in total. The molecule has 0 radical (unpaired) electrons. The average Bonchev–Trinajstić information content (AvgIpc) is 2.27. The number of halogens is 3. The van der Waals surface area contributed by atoms with Crippen molar-refractivity contribution in [3.05, 3.63) is 29.8 Å². The first-order chi connectivity index (χ1) is 8.29. The van der Waals surface area contributed by atoms with Gasteiger partial charge in [-0.3, -0.25) is 5.41 Å². The number of hydrogen-bond acceptors (Lipinski definition) is 3. The smallest absolute Gasteiger partial charge is 0.384 e. The molecule has 0 aliphatic rings. The van der Waals surface area contributed by atoms with Crippen LogP contribution in [-0.2, 0) is 0 Å². The third-order valence-electron chi connectivity index (χ3n) is 2.31. The number of hydrogen-bond donors (Lipinski definition) is 2. The Labute approximate surface area is 108 Å². The Morgan fingerprint density at radius 1 is 1.33 bits per heavy atom. The minimum Gasteiger partial charge on any atom is -0.384 e. The zero-order chi connectivity index (χ0) is 13.8. The topological polar surface area (TPSA) is 53.1 Å². The second-order valence-corrected chi connectivity index (χ2v) is 4.84. The van der Waals surface area contributed by atoms with Crippen molar-refractivity contribution in [2.24, 2.45) is 5.73 Å². The van der Waals surface area contributed by atoms with Crippen LogP contribution in [0.1, 0.15) is 5.56 Å². The van der Waals surface area contributed by atoms with Gasteiger partial charge in [0.15, 0.2) is 0 Å². The molecule has 0 bridgehead atoms. The third kappa shape index (κ3) is 4.87. The molecule has 0 saturated heterocycles. The number of rotatable bonds is 5. The number of nitrogens with one attached hydrogen (secondary N) is 1. The zero-order valence-corrected chi connectivity index (χ0v) is 10.6. The van der Waals surface area contributed by atoms with E-state index in [4.69, 9.17) is 11.1 Å². The molecular weight excluding hydrogens is 263 g/mol. The summed E-state index contributed by atoms with van der Waals surface area (Å²) in [5.41, 5.74) is 2.52. The summed E-state index contributed by atoms with van der Waals surface area (Å²) >= 11 is -0.0312. The number of nitrogen functional groups attached to an aromatic ring is 1. The van der Waals surface area contributed by atoms with Crippen LogP contribution in [-0.4, -0.2) is 30.7 Å². The van der Waals surface area contributed by atoms with Gasteiger partial charge in [-0.25, -0.2) is 0 Å². The molecule has 0 unspecified atom stereocenters. The summed E-state index contributed by atoms with van der Waals surface area (Å²) in [5, 5.41) is 7.23. The highest BCUT2D eigenvalue weighted by atomic mass is 32.2. The number of nitrogens with zero attached hydrogens (tertiary/aromatic N) is 1. The summed E-state index contributed by atoms with van der Waals surface area (Å²) < 4.78 is 35.9. The summed E-state index contributed by atoms with van der Waals surface area (Å²) in [4.78, 5) is 1.72. The Morgan fingerprint density at radius 2 is 1.89 bits per heavy atom. The molecule has 0 atom stereocenters. The molecular formula is C11H14F3N3S. The average molecular weight is 277 g/mol. The lowest BCUT2D eigenvalue weighted by molar-refractivity contribution is -0.0327. The molecule has 0 fully saturated rings. The van der Waals surface area contributed by atoms with Gasteiger partial charge in [-0.15, -0.1) is 0 Å². The normalized spacial score (nSPS) is 11.3. The Morgan fingerprint density at radius 3 is 2.33 bits per heavy atom. The van der Waals surface area contributed by atoms with Crippen molar-refractivity contribution in [3.8, 4) is 0 Å². The van der Waals surface area contributed by atoms with Crippen molar-refractivity contribution >= 4 is 23.3 Å². The number of nitrogens with two attached hydrogens (primary N) is 1. The van der Waals surface area contributed by atoms with Crippen molar-refractivity contribution in [1.29, 1.82) is 5.41 Å². The fourth-order valence-electron chi connectivity index (χ4n) is 1.32. The number of thioether (sulfide) groups is 1. The van der Waals surface area contributed by atoms with Gasteiger partial charge in [-0.05, 0) is 36.0 Å². The lowest BCUT2D eigenvalue weighted by atomic mass is 10.2. The van der Waals surface area contributed by atoms with Crippen LogP contribution in [0.15, 0.2) is 24.3 Å². The van der Waals surface area contributed by atoms with Crippen molar-refractivity contribution < 1.29 is 13.2 Å². The highest BCUT2D eigenvalue weighted by Gasteiger charge is 2.27. The molecule has 0 aliphatic carbocycles. The minimum absolute atomic E-state index is 0.0194. The maximum absolute atomic E-state index is 12.0. The largest absolute Gasteiger partial charge is 0.441 e. The second-order valence-electron chi connectivity index (χ2n) is 3.68. The first-order valence-corrected chi connectivity index (χ1v) is 6.14. The first kappa shape index (κ1) is 14.7. The molecule has 0 amide bonds. The Hall–Kier alpha value is -1.37. The fourth-order valence-corrected chi connectivity index (χ4v) is 1.92. The summed E-state index contributed by atoms with van der Waals surface area (Å²) in [6.45, 7) is 0.295. The quantitative estimate of drug-likeness (QED) is 0.642. The molecule has 0 aliphatic heterocycles. The summed E-state index contributed by atoms with van der Waals surface area (Å²) in [7, 11) is 1.72. The molecule has 1 aromatic rings. The Kier molecular flexibility index (Phi) is 4.89. The van der Waals surface area contributed by atoms with E-state index in [0.717, 1.165) is 5.69 Å². The lowest BCUT2D eigenvalue weighted by Gasteiger charge is -2.19. The van der Waals surface area contributed by atoms with Gasteiger partial charge in [-0.2, -0.15) is 13.2 Å². The van der Waals surface area contributed by atoms with E-state index in [2.05, 4.69) is 0 Å². The van der Waals surface area contributed by atoms with Crippen LogP contribution in [0.2, 0.25) is 0 Å². The minimum atomic E-state index is -4.18.